The second-order valence-electron chi connectivity index (χ2n) is 9.41. The number of carbonyl (C=O) groups excluding carboxylic acids is 1. The fourth-order valence-corrected chi connectivity index (χ4v) is 8.14. The third kappa shape index (κ3) is 5.12. The van der Waals surface area contributed by atoms with E-state index < -0.39 is 15.9 Å². The first-order chi connectivity index (χ1) is 18.9. The van der Waals surface area contributed by atoms with E-state index in [0.29, 0.717) is 34.8 Å². The van der Waals surface area contributed by atoms with Gasteiger partial charge in [-0.2, -0.15) is 5.26 Å². The number of fused-ring (bicyclic) bond motifs is 2. The standard InChI is InChI=1S/C29H29N3O5S2/c1-36-24-16-19(12-13-27(33)31-29-22(18-30)21-9-4-3-5-11-25(21)38-29)17-26(28(24)37-2)39(34,35)32-15-14-20-8-6-7-10-23(20)32/h6-8,10,12-13,16-17H,3-5,9,11,14-15H2,1-2H3,(H,31,33). The van der Waals surface area contributed by atoms with Crippen LogP contribution >= 0.6 is 11.3 Å². The molecule has 0 saturated carbocycles. The lowest BCUT2D eigenvalue weighted by atomic mass is 10.1. The van der Waals surface area contributed by atoms with E-state index >= 15 is 0 Å². The van der Waals surface area contributed by atoms with Gasteiger partial charge in [0.2, 0.25) is 5.91 Å². The van der Waals surface area contributed by atoms with Crippen LogP contribution in [-0.2, 0) is 34.1 Å². The van der Waals surface area contributed by atoms with E-state index in [1.165, 1.54) is 53.0 Å². The van der Waals surface area contributed by atoms with Gasteiger partial charge in [-0.3, -0.25) is 9.10 Å². The molecular weight excluding hydrogens is 534 g/mol. The van der Waals surface area contributed by atoms with E-state index in [2.05, 4.69) is 11.4 Å². The van der Waals surface area contributed by atoms with Gasteiger partial charge in [0.1, 0.15) is 16.0 Å². The molecule has 10 heteroatoms. The van der Waals surface area contributed by atoms with Crippen LogP contribution in [-0.4, -0.2) is 35.1 Å². The number of hydrogen-bond acceptors (Lipinski definition) is 7. The minimum Gasteiger partial charge on any atom is -0.493 e. The van der Waals surface area contributed by atoms with Crippen LogP contribution in [0.1, 0.15) is 46.4 Å². The number of aryl methyl sites for hydroxylation is 1. The summed E-state index contributed by atoms with van der Waals surface area (Å²) in [6.45, 7) is 0.321. The molecule has 0 saturated heterocycles. The van der Waals surface area contributed by atoms with Gasteiger partial charge in [0.05, 0.1) is 25.5 Å². The van der Waals surface area contributed by atoms with Crippen molar-refractivity contribution in [3.63, 3.8) is 0 Å². The van der Waals surface area contributed by atoms with E-state index in [1.54, 1.807) is 12.1 Å². The Kier molecular flexibility index (Phi) is 7.64. The topological polar surface area (TPSA) is 109 Å². The maximum atomic E-state index is 13.8. The maximum absolute atomic E-state index is 13.8. The van der Waals surface area contributed by atoms with Crippen molar-refractivity contribution in [2.24, 2.45) is 0 Å². The van der Waals surface area contributed by atoms with Crippen molar-refractivity contribution < 1.29 is 22.7 Å². The van der Waals surface area contributed by atoms with Gasteiger partial charge in [0.25, 0.3) is 10.0 Å². The zero-order chi connectivity index (χ0) is 27.6. The maximum Gasteiger partial charge on any atom is 0.268 e. The molecule has 202 valence electrons. The smallest absolute Gasteiger partial charge is 0.268 e. The van der Waals surface area contributed by atoms with Crippen molar-refractivity contribution in [3.05, 3.63) is 69.6 Å². The average Bonchev–Trinajstić information content (AvgIpc) is 3.44. The Balaban J connectivity index is 1.44. The van der Waals surface area contributed by atoms with Crippen molar-refractivity contribution in [1.29, 1.82) is 5.26 Å². The third-order valence-electron chi connectivity index (χ3n) is 7.08. The highest BCUT2D eigenvalue weighted by Crippen LogP contribution is 2.41. The molecule has 39 heavy (non-hydrogen) atoms. The second-order valence-corrected chi connectivity index (χ2v) is 12.3. The molecule has 1 N–H and O–H groups in total. The fraction of sp³-hybridized carbons (Fsp3) is 0.310. The number of carbonyl (C=O) groups is 1. The first kappa shape index (κ1) is 26.8. The number of anilines is 2. The highest BCUT2D eigenvalue weighted by atomic mass is 32.2. The molecule has 1 amide bonds. The van der Waals surface area contributed by atoms with Crippen molar-refractivity contribution in [3.8, 4) is 17.6 Å². The number of amides is 1. The molecule has 2 aliphatic rings. The Morgan fingerprint density at radius 1 is 1.10 bits per heavy atom. The second kappa shape index (κ2) is 11.1. The van der Waals surface area contributed by atoms with Gasteiger partial charge in [-0.25, -0.2) is 8.42 Å². The summed E-state index contributed by atoms with van der Waals surface area (Å²) in [7, 11) is -1.16. The van der Waals surface area contributed by atoms with Crippen LogP contribution in [0.2, 0.25) is 0 Å². The summed E-state index contributed by atoms with van der Waals surface area (Å²) in [6.07, 6.45) is 8.51. The van der Waals surface area contributed by atoms with Crippen molar-refractivity contribution in [1.82, 2.24) is 0 Å². The Morgan fingerprint density at radius 2 is 1.90 bits per heavy atom. The van der Waals surface area contributed by atoms with Crippen LogP contribution in [0.3, 0.4) is 0 Å². The minimum absolute atomic E-state index is 0.0464. The quantitative estimate of drug-likeness (QED) is 0.308. The molecule has 0 bridgehead atoms. The largest absolute Gasteiger partial charge is 0.493 e. The summed E-state index contributed by atoms with van der Waals surface area (Å²) >= 11 is 1.47. The zero-order valence-electron chi connectivity index (χ0n) is 21.8. The normalized spacial score (nSPS) is 14.8. The van der Waals surface area contributed by atoms with Crippen LogP contribution in [0.15, 0.2) is 47.4 Å². The van der Waals surface area contributed by atoms with Crippen LogP contribution in [0.5, 0.6) is 11.5 Å². The molecule has 1 aliphatic heterocycles. The predicted octanol–water partition coefficient (Wildman–Crippen LogP) is 5.31. The molecule has 2 aromatic carbocycles. The van der Waals surface area contributed by atoms with Gasteiger partial charge in [-0.15, -0.1) is 11.3 Å². The van der Waals surface area contributed by atoms with Gasteiger partial charge in [0.15, 0.2) is 11.5 Å². The summed E-state index contributed by atoms with van der Waals surface area (Å²) in [5, 5.41) is 13.1. The number of ether oxygens (including phenoxy) is 2. The summed E-state index contributed by atoms with van der Waals surface area (Å²) in [5.74, 6) is -0.0716. The highest BCUT2D eigenvalue weighted by Gasteiger charge is 2.34. The number of methoxy groups -OCH3 is 2. The Labute approximate surface area is 232 Å². The van der Waals surface area contributed by atoms with Gasteiger partial charge in [-0.05, 0) is 73.1 Å². The lowest BCUT2D eigenvalue weighted by Crippen LogP contribution is -2.29. The fourth-order valence-electron chi connectivity index (χ4n) is 5.19. The van der Waals surface area contributed by atoms with Gasteiger partial charge >= 0.3 is 0 Å². The number of rotatable bonds is 7. The van der Waals surface area contributed by atoms with E-state index in [-0.39, 0.29) is 16.4 Å². The van der Waals surface area contributed by atoms with Crippen molar-refractivity contribution in [2.45, 2.75) is 43.4 Å². The first-order valence-corrected chi connectivity index (χ1v) is 15.0. The highest BCUT2D eigenvalue weighted by molar-refractivity contribution is 7.93. The van der Waals surface area contributed by atoms with E-state index in [1.807, 2.05) is 18.2 Å². The molecule has 0 fully saturated rings. The SMILES string of the molecule is COc1cc(C=CC(=O)Nc2sc3c(c2C#N)CCCCC3)cc(S(=O)(=O)N2CCc3ccccc32)c1OC. The summed E-state index contributed by atoms with van der Waals surface area (Å²) in [5.41, 5.74) is 3.65. The molecule has 0 atom stereocenters. The number of thiophene rings is 1. The molecule has 5 rings (SSSR count). The number of hydrogen-bond donors (Lipinski definition) is 1. The van der Waals surface area contributed by atoms with E-state index in [0.717, 1.165) is 43.2 Å². The first-order valence-electron chi connectivity index (χ1n) is 12.8. The lowest BCUT2D eigenvalue weighted by molar-refractivity contribution is -0.111. The monoisotopic (exact) mass is 563 g/mol. The molecule has 0 unspecified atom stereocenters. The van der Waals surface area contributed by atoms with Crippen LogP contribution in [0.4, 0.5) is 10.7 Å². The van der Waals surface area contributed by atoms with Crippen LogP contribution in [0.25, 0.3) is 6.08 Å². The number of sulfonamides is 1. The number of nitrogens with zero attached hydrogens (tertiary/aromatic N) is 2. The minimum atomic E-state index is -3.99. The molecule has 3 aromatic rings. The van der Waals surface area contributed by atoms with Gasteiger partial charge in [0, 0.05) is 17.5 Å². The Bertz CT molecular complexity index is 1600. The third-order valence-corrected chi connectivity index (χ3v) is 10.1. The van der Waals surface area contributed by atoms with E-state index in [9.17, 15) is 18.5 Å². The average molecular weight is 564 g/mol. The Morgan fingerprint density at radius 3 is 2.67 bits per heavy atom. The molecule has 2 heterocycles. The molecule has 8 nitrogen and oxygen atoms in total. The Hall–Kier alpha value is -3.81. The summed E-state index contributed by atoms with van der Waals surface area (Å²) in [6, 6.07) is 12.8. The van der Waals surface area contributed by atoms with Crippen LogP contribution in [0, 0.1) is 11.3 Å². The van der Waals surface area contributed by atoms with Crippen molar-refractivity contribution in [2.75, 3.05) is 30.4 Å². The van der Waals surface area contributed by atoms with E-state index in [4.69, 9.17) is 9.47 Å². The number of benzene rings is 2. The molecule has 0 radical (unpaired) electrons. The molecule has 1 aliphatic carbocycles. The van der Waals surface area contributed by atoms with Crippen LogP contribution < -0.4 is 19.1 Å². The summed E-state index contributed by atoms with van der Waals surface area (Å²) < 4.78 is 40.0. The van der Waals surface area contributed by atoms with Gasteiger partial charge < -0.3 is 14.8 Å². The predicted molar refractivity (Wildman–Crippen MR) is 152 cm³/mol. The van der Waals surface area contributed by atoms with Gasteiger partial charge in [-0.1, -0.05) is 24.6 Å². The zero-order valence-corrected chi connectivity index (χ0v) is 23.5. The lowest BCUT2D eigenvalue weighted by Gasteiger charge is -2.22. The molecule has 0 spiro atoms. The number of para-hydroxylation sites is 1. The molecule has 1 aromatic heterocycles. The van der Waals surface area contributed by atoms with Crippen molar-refractivity contribution >= 4 is 44.0 Å². The molecular formula is C29H29N3O5S2. The number of nitriles is 1. The summed E-state index contributed by atoms with van der Waals surface area (Å²) in [4.78, 5) is 14.0. The number of nitrogens with one attached hydrogen (secondary N) is 1.